The Morgan fingerprint density at radius 1 is 1.08 bits per heavy atom. The first-order valence-electron chi connectivity index (χ1n) is 7.73. The van der Waals surface area contributed by atoms with Gasteiger partial charge in [0.1, 0.15) is 5.75 Å². The fourth-order valence-electron chi connectivity index (χ4n) is 2.84. The average molecular weight is 321 g/mol. The molecule has 24 heavy (non-hydrogen) atoms. The van der Waals surface area contributed by atoms with Crippen LogP contribution in [0.3, 0.4) is 0 Å². The molecule has 1 aliphatic heterocycles. The van der Waals surface area contributed by atoms with Gasteiger partial charge in [-0.2, -0.15) is 0 Å². The van der Waals surface area contributed by atoms with Gasteiger partial charge >= 0.3 is 5.97 Å². The van der Waals surface area contributed by atoms with Gasteiger partial charge in [0.15, 0.2) is 5.70 Å². The van der Waals surface area contributed by atoms with E-state index in [0.717, 1.165) is 16.7 Å². The highest BCUT2D eigenvalue weighted by molar-refractivity contribution is 6.13. The van der Waals surface area contributed by atoms with Gasteiger partial charge in [-0.05, 0) is 61.7 Å². The lowest BCUT2D eigenvalue weighted by atomic mass is 9.99. The van der Waals surface area contributed by atoms with E-state index in [1.165, 1.54) is 5.56 Å². The molecule has 4 heteroatoms. The van der Waals surface area contributed by atoms with Crippen molar-refractivity contribution < 1.29 is 14.3 Å². The lowest BCUT2D eigenvalue weighted by molar-refractivity contribution is -0.129. The van der Waals surface area contributed by atoms with Crippen molar-refractivity contribution in [3.8, 4) is 5.75 Å². The molecule has 0 aliphatic carbocycles. The molecule has 0 radical (unpaired) electrons. The quantitative estimate of drug-likeness (QED) is 0.635. The molecule has 0 atom stereocenters. The Bertz CT molecular complexity index is 855. The van der Waals surface area contributed by atoms with Crippen LogP contribution < -0.4 is 4.74 Å². The van der Waals surface area contributed by atoms with Gasteiger partial charge in [-0.3, -0.25) is 0 Å². The van der Waals surface area contributed by atoms with E-state index in [-0.39, 0.29) is 0 Å². The summed E-state index contributed by atoms with van der Waals surface area (Å²) >= 11 is 0. The van der Waals surface area contributed by atoms with Crippen LogP contribution in [0, 0.1) is 20.8 Å². The third-order valence-electron chi connectivity index (χ3n) is 3.96. The van der Waals surface area contributed by atoms with Crippen LogP contribution in [-0.2, 0) is 9.53 Å². The Morgan fingerprint density at radius 2 is 1.79 bits per heavy atom. The molecule has 0 aromatic heterocycles. The number of ether oxygens (including phenoxy) is 2. The van der Waals surface area contributed by atoms with Crippen LogP contribution in [0.5, 0.6) is 5.75 Å². The number of esters is 1. The van der Waals surface area contributed by atoms with E-state index >= 15 is 0 Å². The second-order valence-electron chi connectivity index (χ2n) is 5.88. The number of rotatable bonds is 3. The predicted octanol–water partition coefficient (Wildman–Crippen LogP) is 3.96. The van der Waals surface area contributed by atoms with Gasteiger partial charge in [-0.15, -0.1) is 0 Å². The minimum absolute atomic E-state index is 0.299. The molecule has 0 amide bonds. The van der Waals surface area contributed by atoms with Crippen molar-refractivity contribution in [3.05, 3.63) is 69.9 Å². The molecule has 0 bridgehead atoms. The summed E-state index contributed by atoms with van der Waals surface area (Å²) in [5.74, 6) is 0.550. The number of carbonyl (C=O) groups excluding carboxylic acids is 1. The van der Waals surface area contributed by atoms with Gasteiger partial charge in [0.2, 0.25) is 5.90 Å². The molecule has 1 heterocycles. The molecule has 122 valence electrons. The molecule has 0 saturated heterocycles. The number of hydrogen-bond donors (Lipinski definition) is 0. The van der Waals surface area contributed by atoms with Crippen LogP contribution in [0.25, 0.3) is 6.08 Å². The molecular formula is C20H19NO3. The van der Waals surface area contributed by atoms with Crippen molar-refractivity contribution in [2.24, 2.45) is 4.99 Å². The van der Waals surface area contributed by atoms with Gasteiger partial charge in [0.05, 0.1) is 7.11 Å². The molecule has 3 rings (SSSR count). The van der Waals surface area contributed by atoms with Crippen molar-refractivity contribution in [2.45, 2.75) is 20.8 Å². The standard InChI is InChI=1S/C20H19NO3/c1-12-8-13(2)17(14(3)9-12)11-18-20(22)24-19(21-18)15-6-5-7-16(10-15)23-4/h5-11H,1-4H3/b18-11-. The second kappa shape index (κ2) is 6.32. The van der Waals surface area contributed by atoms with E-state index in [9.17, 15) is 4.79 Å². The zero-order valence-electron chi connectivity index (χ0n) is 14.2. The maximum absolute atomic E-state index is 12.2. The SMILES string of the molecule is COc1cccc(C2=N/C(=C\c3c(C)cc(C)cc3C)C(=O)O2)c1. The van der Waals surface area contributed by atoms with Gasteiger partial charge in [-0.1, -0.05) is 23.8 Å². The van der Waals surface area contributed by atoms with Crippen molar-refractivity contribution in [1.82, 2.24) is 0 Å². The van der Waals surface area contributed by atoms with Crippen molar-refractivity contribution in [2.75, 3.05) is 7.11 Å². The lowest BCUT2D eigenvalue weighted by Gasteiger charge is -2.07. The number of hydrogen-bond acceptors (Lipinski definition) is 4. The first kappa shape index (κ1) is 16.0. The minimum Gasteiger partial charge on any atom is -0.497 e. The molecular weight excluding hydrogens is 302 g/mol. The summed E-state index contributed by atoms with van der Waals surface area (Å²) in [5.41, 5.74) is 5.44. The van der Waals surface area contributed by atoms with Gasteiger partial charge < -0.3 is 9.47 Å². The monoisotopic (exact) mass is 321 g/mol. The summed E-state index contributed by atoms with van der Waals surface area (Å²) in [6.45, 7) is 6.11. The third kappa shape index (κ3) is 3.08. The number of aliphatic imine (C=N–C) groups is 1. The largest absolute Gasteiger partial charge is 0.497 e. The molecule has 0 spiro atoms. The normalized spacial score (nSPS) is 15.4. The number of aryl methyl sites for hydroxylation is 3. The summed E-state index contributed by atoms with van der Waals surface area (Å²) in [4.78, 5) is 16.5. The van der Waals surface area contributed by atoms with Crippen molar-refractivity contribution >= 4 is 17.9 Å². The van der Waals surface area contributed by atoms with Crippen LogP contribution in [0.4, 0.5) is 0 Å². The molecule has 0 saturated carbocycles. The lowest BCUT2D eigenvalue weighted by Crippen LogP contribution is -2.05. The fourth-order valence-corrected chi connectivity index (χ4v) is 2.84. The fraction of sp³-hybridized carbons (Fsp3) is 0.200. The Balaban J connectivity index is 2.00. The van der Waals surface area contributed by atoms with E-state index in [1.807, 2.05) is 32.0 Å². The van der Waals surface area contributed by atoms with E-state index in [4.69, 9.17) is 9.47 Å². The molecule has 4 nitrogen and oxygen atoms in total. The van der Waals surface area contributed by atoms with Gasteiger partial charge in [0.25, 0.3) is 0 Å². The topological polar surface area (TPSA) is 47.9 Å². The predicted molar refractivity (Wildman–Crippen MR) is 94.3 cm³/mol. The maximum Gasteiger partial charge on any atom is 0.363 e. The van der Waals surface area contributed by atoms with Crippen LogP contribution in [0.1, 0.15) is 27.8 Å². The highest BCUT2D eigenvalue weighted by Gasteiger charge is 2.24. The van der Waals surface area contributed by atoms with E-state index in [0.29, 0.717) is 22.9 Å². The number of cyclic esters (lactones) is 1. The Labute approximate surface area is 141 Å². The summed E-state index contributed by atoms with van der Waals surface area (Å²) in [5, 5.41) is 0. The van der Waals surface area contributed by atoms with Crippen molar-refractivity contribution in [3.63, 3.8) is 0 Å². The number of nitrogens with zero attached hydrogens (tertiary/aromatic N) is 1. The summed E-state index contributed by atoms with van der Waals surface area (Å²) in [6.07, 6.45) is 1.79. The maximum atomic E-state index is 12.2. The first-order valence-corrected chi connectivity index (χ1v) is 7.73. The second-order valence-corrected chi connectivity index (χ2v) is 5.88. The number of methoxy groups -OCH3 is 1. The molecule has 0 unspecified atom stereocenters. The average Bonchev–Trinajstić information content (AvgIpc) is 2.92. The Morgan fingerprint density at radius 3 is 2.46 bits per heavy atom. The Kier molecular flexibility index (Phi) is 4.21. The van der Waals surface area contributed by atoms with E-state index in [1.54, 1.807) is 19.3 Å². The van der Waals surface area contributed by atoms with Gasteiger partial charge in [-0.25, -0.2) is 9.79 Å². The zero-order chi connectivity index (χ0) is 17.3. The number of benzene rings is 2. The molecule has 2 aromatic carbocycles. The molecule has 0 fully saturated rings. The smallest absolute Gasteiger partial charge is 0.363 e. The van der Waals surface area contributed by atoms with Crippen LogP contribution in [0.2, 0.25) is 0 Å². The zero-order valence-corrected chi connectivity index (χ0v) is 14.2. The van der Waals surface area contributed by atoms with Crippen molar-refractivity contribution in [1.29, 1.82) is 0 Å². The third-order valence-corrected chi connectivity index (χ3v) is 3.96. The first-order chi connectivity index (χ1) is 11.5. The highest BCUT2D eigenvalue weighted by Crippen LogP contribution is 2.24. The summed E-state index contributed by atoms with van der Waals surface area (Å²) in [7, 11) is 1.59. The highest BCUT2D eigenvalue weighted by atomic mass is 16.6. The Hall–Kier alpha value is -2.88. The van der Waals surface area contributed by atoms with Crippen LogP contribution in [-0.4, -0.2) is 19.0 Å². The summed E-state index contributed by atoms with van der Waals surface area (Å²) < 4.78 is 10.5. The van der Waals surface area contributed by atoms with Gasteiger partial charge in [0, 0.05) is 5.56 Å². The molecule has 0 N–H and O–H groups in total. The molecule has 2 aromatic rings. The van der Waals surface area contributed by atoms with Crippen LogP contribution in [0.15, 0.2) is 47.1 Å². The molecule has 1 aliphatic rings. The van der Waals surface area contributed by atoms with E-state index in [2.05, 4.69) is 24.0 Å². The number of carbonyl (C=O) groups is 1. The summed E-state index contributed by atoms with van der Waals surface area (Å²) in [6, 6.07) is 11.5. The van der Waals surface area contributed by atoms with Crippen LogP contribution >= 0.6 is 0 Å². The van der Waals surface area contributed by atoms with E-state index < -0.39 is 5.97 Å². The minimum atomic E-state index is -0.438.